The van der Waals surface area contributed by atoms with Gasteiger partial charge >= 0.3 is 12.4 Å². The molecule has 2 aliphatic heterocycles. The van der Waals surface area contributed by atoms with Gasteiger partial charge in [-0.25, -0.2) is 0 Å². The van der Waals surface area contributed by atoms with E-state index >= 15 is 0 Å². The summed E-state index contributed by atoms with van der Waals surface area (Å²) in [4.78, 5) is 40.1. The zero-order chi connectivity index (χ0) is 26.7. The Bertz CT molecular complexity index is 963. The van der Waals surface area contributed by atoms with Crippen molar-refractivity contribution in [1.82, 2.24) is 9.80 Å². The SMILES string of the molecule is O=C(CCC(=O)N1CCSCC1)Nc1ccc(Br)cc1C(=O)N1C[C@H](C(F)(F)F)C[C@H](C(F)(F)F)C1. The number of thioether (sulfide) groups is 1. The molecule has 36 heavy (non-hydrogen) atoms. The number of hydrogen-bond acceptors (Lipinski definition) is 4. The van der Waals surface area contributed by atoms with E-state index in [1.807, 2.05) is 0 Å². The summed E-state index contributed by atoms with van der Waals surface area (Å²) in [6.07, 6.45) is -11.2. The molecule has 0 unspecified atom stereocenters. The van der Waals surface area contributed by atoms with Crippen molar-refractivity contribution >= 4 is 51.1 Å². The van der Waals surface area contributed by atoms with Crippen LogP contribution in [0, 0.1) is 11.8 Å². The lowest BCUT2D eigenvalue weighted by molar-refractivity contribution is -0.226. The molecule has 3 rings (SSSR count). The van der Waals surface area contributed by atoms with Crippen LogP contribution in [0.5, 0.6) is 0 Å². The molecule has 0 aliphatic carbocycles. The van der Waals surface area contributed by atoms with Gasteiger partial charge in [0.15, 0.2) is 0 Å². The fourth-order valence-corrected chi connectivity index (χ4v) is 5.38. The third-order valence-corrected chi connectivity index (χ3v) is 7.52. The van der Waals surface area contributed by atoms with E-state index < -0.39 is 55.5 Å². The molecule has 2 atom stereocenters. The quantitative estimate of drug-likeness (QED) is 0.484. The molecule has 0 spiro atoms. The molecule has 2 fully saturated rings. The van der Waals surface area contributed by atoms with Crippen molar-refractivity contribution in [2.24, 2.45) is 11.8 Å². The lowest BCUT2D eigenvalue weighted by Gasteiger charge is -2.39. The third-order valence-electron chi connectivity index (χ3n) is 6.08. The van der Waals surface area contributed by atoms with Crippen molar-refractivity contribution in [2.75, 3.05) is 43.0 Å². The normalized spacial score (nSPS) is 21.3. The first-order chi connectivity index (χ1) is 16.8. The molecule has 1 aromatic rings. The van der Waals surface area contributed by atoms with E-state index in [0.717, 1.165) is 11.5 Å². The molecule has 0 aromatic heterocycles. The minimum Gasteiger partial charge on any atom is -0.341 e. The van der Waals surface area contributed by atoms with Crippen molar-refractivity contribution in [3.05, 3.63) is 28.2 Å². The van der Waals surface area contributed by atoms with Crippen molar-refractivity contribution in [3.63, 3.8) is 0 Å². The number of likely N-dealkylation sites (tertiary alicyclic amines) is 1. The summed E-state index contributed by atoms with van der Waals surface area (Å²) in [5.74, 6) is -4.89. The van der Waals surface area contributed by atoms with Crippen LogP contribution >= 0.6 is 27.7 Å². The predicted molar refractivity (Wildman–Crippen MR) is 126 cm³/mol. The zero-order valence-corrected chi connectivity index (χ0v) is 21.3. The number of alkyl halides is 6. The second kappa shape index (κ2) is 11.6. The second-order valence-corrected chi connectivity index (χ2v) is 10.8. The number of anilines is 1. The van der Waals surface area contributed by atoms with E-state index in [0.29, 0.717) is 22.5 Å². The van der Waals surface area contributed by atoms with Gasteiger partial charge in [0.05, 0.1) is 23.1 Å². The molecule has 2 heterocycles. The number of amides is 3. The Labute approximate surface area is 216 Å². The summed E-state index contributed by atoms with van der Waals surface area (Å²) in [6.45, 7) is -0.664. The van der Waals surface area contributed by atoms with Gasteiger partial charge in [-0.3, -0.25) is 14.4 Å². The Balaban J connectivity index is 1.74. The van der Waals surface area contributed by atoms with Crippen molar-refractivity contribution in [2.45, 2.75) is 31.6 Å². The Morgan fingerprint density at radius 3 is 2.08 bits per heavy atom. The standard InChI is InChI=1S/C22H24BrF6N3O3S/c23-15-1-2-17(30-18(33)3-4-19(34)31-5-7-36-8-6-31)16(10-15)20(35)32-11-13(21(24,25)26)9-14(12-32)22(27,28)29/h1-2,10,13-14H,3-9,11-12H2,(H,30,33)/t13-,14+. The van der Waals surface area contributed by atoms with Gasteiger partial charge in [0.25, 0.3) is 5.91 Å². The molecule has 0 saturated carbocycles. The second-order valence-electron chi connectivity index (χ2n) is 8.65. The van der Waals surface area contributed by atoms with Gasteiger partial charge in [-0.1, -0.05) is 15.9 Å². The van der Waals surface area contributed by atoms with Gasteiger partial charge in [-0.05, 0) is 24.6 Å². The Morgan fingerprint density at radius 2 is 1.53 bits per heavy atom. The first-order valence-corrected chi connectivity index (χ1v) is 13.1. The predicted octanol–water partition coefficient (Wildman–Crippen LogP) is 4.95. The zero-order valence-electron chi connectivity index (χ0n) is 18.9. The van der Waals surface area contributed by atoms with Crippen LogP contribution in [0.15, 0.2) is 22.7 Å². The first-order valence-electron chi connectivity index (χ1n) is 11.1. The third kappa shape index (κ3) is 7.53. The highest BCUT2D eigenvalue weighted by molar-refractivity contribution is 9.10. The average Bonchev–Trinajstić information content (AvgIpc) is 2.82. The minimum absolute atomic E-state index is 0.0623. The average molecular weight is 604 g/mol. The van der Waals surface area contributed by atoms with Crippen LogP contribution in [0.1, 0.15) is 29.6 Å². The molecular formula is C22H24BrF6N3O3S. The topological polar surface area (TPSA) is 69.7 Å². The number of nitrogens with one attached hydrogen (secondary N) is 1. The molecule has 14 heteroatoms. The lowest BCUT2D eigenvalue weighted by Crippen LogP contribution is -2.51. The van der Waals surface area contributed by atoms with E-state index in [1.54, 1.807) is 16.7 Å². The van der Waals surface area contributed by atoms with Crippen LogP contribution in [-0.2, 0) is 9.59 Å². The van der Waals surface area contributed by atoms with E-state index in [2.05, 4.69) is 21.2 Å². The highest BCUT2D eigenvalue weighted by Crippen LogP contribution is 2.42. The number of carbonyl (C=O) groups is 3. The summed E-state index contributed by atoms with van der Waals surface area (Å²) in [5.41, 5.74) is -0.312. The molecule has 3 amide bonds. The summed E-state index contributed by atoms with van der Waals surface area (Å²) < 4.78 is 80.4. The van der Waals surface area contributed by atoms with Gasteiger partial charge in [0.1, 0.15) is 0 Å². The summed E-state index contributed by atoms with van der Waals surface area (Å²) in [7, 11) is 0. The fourth-order valence-electron chi connectivity index (χ4n) is 4.12. The summed E-state index contributed by atoms with van der Waals surface area (Å²) in [5, 5.41) is 2.47. The number of benzene rings is 1. The molecule has 200 valence electrons. The van der Waals surface area contributed by atoms with Crippen LogP contribution in [-0.4, -0.2) is 77.6 Å². The minimum atomic E-state index is -4.91. The molecule has 0 bridgehead atoms. The number of piperidine rings is 1. The van der Waals surface area contributed by atoms with Gasteiger partial charge in [-0.15, -0.1) is 0 Å². The van der Waals surface area contributed by atoms with E-state index in [-0.39, 0.29) is 30.0 Å². The molecule has 2 saturated heterocycles. The molecule has 1 aromatic carbocycles. The van der Waals surface area contributed by atoms with Crippen molar-refractivity contribution in [3.8, 4) is 0 Å². The molecule has 2 aliphatic rings. The Hall–Kier alpha value is -1.96. The lowest BCUT2D eigenvalue weighted by atomic mass is 9.87. The number of nitrogens with zero attached hydrogens (tertiary/aromatic N) is 2. The first kappa shape index (κ1) is 28.6. The van der Waals surface area contributed by atoms with E-state index in [9.17, 15) is 40.7 Å². The van der Waals surface area contributed by atoms with Gasteiger partial charge in [-0.2, -0.15) is 38.1 Å². The van der Waals surface area contributed by atoms with Crippen molar-refractivity contribution in [1.29, 1.82) is 0 Å². The Morgan fingerprint density at radius 1 is 0.944 bits per heavy atom. The largest absolute Gasteiger partial charge is 0.393 e. The summed E-state index contributed by atoms with van der Waals surface area (Å²) in [6, 6.07) is 4.02. The highest BCUT2D eigenvalue weighted by atomic mass is 79.9. The Kier molecular flexibility index (Phi) is 9.23. The van der Waals surface area contributed by atoms with Gasteiger partial charge < -0.3 is 15.1 Å². The monoisotopic (exact) mass is 603 g/mol. The maximum absolute atomic E-state index is 13.3. The molecular weight excluding hydrogens is 580 g/mol. The highest BCUT2D eigenvalue weighted by Gasteiger charge is 2.52. The van der Waals surface area contributed by atoms with E-state index in [4.69, 9.17) is 0 Å². The maximum Gasteiger partial charge on any atom is 0.393 e. The van der Waals surface area contributed by atoms with Crippen LogP contribution in [0.25, 0.3) is 0 Å². The fraction of sp³-hybridized carbons (Fsp3) is 0.591. The van der Waals surface area contributed by atoms with Crippen molar-refractivity contribution < 1.29 is 40.7 Å². The summed E-state index contributed by atoms with van der Waals surface area (Å²) >= 11 is 4.87. The van der Waals surface area contributed by atoms with Gasteiger partial charge in [0.2, 0.25) is 11.8 Å². The molecule has 6 nitrogen and oxygen atoms in total. The van der Waals surface area contributed by atoms with Gasteiger partial charge in [0, 0.05) is 55.0 Å². The van der Waals surface area contributed by atoms with E-state index in [1.165, 1.54) is 18.2 Å². The van der Waals surface area contributed by atoms with Crippen LogP contribution in [0.3, 0.4) is 0 Å². The smallest absolute Gasteiger partial charge is 0.341 e. The van der Waals surface area contributed by atoms with Crippen LogP contribution < -0.4 is 5.32 Å². The van der Waals surface area contributed by atoms with Crippen LogP contribution in [0.2, 0.25) is 0 Å². The number of rotatable bonds is 5. The van der Waals surface area contributed by atoms with Crippen LogP contribution in [0.4, 0.5) is 32.0 Å². The number of carbonyl (C=O) groups excluding carboxylic acids is 3. The maximum atomic E-state index is 13.3. The number of hydrogen-bond donors (Lipinski definition) is 1. The molecule has 0 radical (unpaired) electrons. The molecule has 1 N–H and O–H groups in total. The number of halogens is 7.